The first-order chi connectivity index (χ1) is 13.2. The van der Waals surface area contributed by atoms with Crippen LogP contribution in [0.2, 0.25) is 5.02 Å². The summed E-state index contributed by atoms with van der Waals surface area (Å²) in [7, 11) is 1.68. The Balaban J connectivity index is 1.52. The minimum atomic E-state index is -0.163. The van der Waals surface area contributed by atoms with Crippen LogP contribution >= 0.6 is 11.6 Å². The molecular formula is C22H21ClN2O2. The number of carbonyl (C=O) groups excluding carboxylic acids is 1. The Labute approximate surface area is 164 Å². The van der Waals surface area contributed by atoms with E-state index in [0.717, 1.165) is 30.1 Å². The lowest BCUT2D eigenvalue weighted by atomic mass is 10.1. The van der Waals surface area contributed by atoms with Crippen molar-refractivity contribution in [1.29, 1.82) is 0 Å². The van der Waals surface area contributed by atoms with E-state index in [-0.39, 0.29) is 5.91 Å². The Kier molecular flexibility index (Phi) is 6.34. The molecule has 0 heterocycles. The standard InChI is InChI=1S/C22H21ClN2O2/c1-27-21-5-3-2-4-16(21)14-15-24-19-10-12-20(13-11-19)25-22(26)17-6-8-18(23)9-7-17/h2-13,24H,14-15H2,1H3,(H,25,26). The number of anilines is 2. The zero-order valence-electron chi connectivity index (χ0n) is 15.0. The van der Waals surface area contributed by atoms with Crippen LogP contribution in [-0.2, 0) is 6.42 Å². The number of benzene rings is 3. The van der Waals surface area contributed by atoms with Crippen molar-refractivity contribution in [3.8, 4) is 5.75 Å². The van der Waals surface area contributed by atoms with E-state index in [1.54, 1.807) is 31.4 Å². The highest BCUT2D eigenvalue weighted by molar-refractivity contribution is 6.30. The molecule has 0 radical (unpaired) electrons. The largest absolute Gasteiger partial charge is 0.496 e. The van der Waals surface area contributed by atoms with Gasteiger partial charge in [0.15, 0.2) is 0 Å². The third kappa shape index (κ3) is 5.25. The molecule has 0 saturated heterocycles. The van der Waals surface area contributed by atoms with Crippen LogP contribution in [0.1, 0.15) is 15.9 Å². The zero-order chi connectivity index (χ0) is 19.1. The van der Waals surface area contributed by atoms with Crippen molar-refractivity contribution >= 4 is 28.9 Å². The maximum atomic E-state index is 12.2. The minimum absolute atomic E-state index is 0.163. The van der Waals surface area contributed by atoms with Crippen LogP contribution in [-0.4, -0.2) is 19.6 Å². The monoisotopic (exact) mass is 380 g/mol. The number of amides is 1. The Morgan fingerprint density at radius 1 is 0.926 bits per heavy atom. The fraction of sp³-hybridized carbons (Fsp3) is 0.136. The molecule has 138 valence electrons. The van der Waals surface area contributed by atoms with E-state index in [4.69, 9.17) is 16.3 Å². The van der Waals surface area contributed by atoms with Gasteiger partial charge in [0.2, 0.25) is 0 Å². The SMILES string of the molecule is COc1ccccc1CCNc1ccc(NC(=O)c2ccc(Cl)cc2)cc1. The summed E-state index contributed by atoms with van der Waals surface area (Å²) < 4.78 is 5.37. The van der Waals surface area contributed by atoms with Gasteiger partial charge in [-0.3, -0.25) is 4.79 Å². The smallest absolute Gasteiger partial charge is 0.255 e. The first kappa shape index (κ1) is 18.8. The summed E-state index contributed by atoms with van der Waals surface area (Å²) in [4.78, 5) is 12.2. The number of nitrogens with one attached hydrogen (secondary N) is 2. The Morgan fingerprint density at radius 2 is 1.59 bits per heavy atom. The van der Waals surface area contributed by atoms with E-state index >= 15 is 0 Å². The predicted molar refractivity (Wildman–Crippen MR) is 111 cm³/mol. The van der Waals surface area contributed by atoms with Gasteiger partial charge in [-0.15, -0.1) is 0 Å². The molecule has 0 unspecified atom stereocenters. The third-order valence-corrected chi connectivity index (χ3v) is 4.42. The van der Waals surface area contributed by atoms with Gasteiger partial charge < -0.3 is 15.4 Å². The van der Waals surface area contributed by atoms with Gasteiger partial charge in [-0.2, -0.15) is 0 Å². The average molecular weight is 381 g/mol. The summed E-state index contributed by atoms with van der Waals surface area (Å²) in [5.41, 5.74) is 3.47. The molecule has 27 heavy (non-hydrogen) atoms. The molecule has 5 heteroatoms. The summed E-state index contributed by atoms with van der Waals surface area (Å²) in [5.74, 6) is 0.739. The number of carbonyl (C=O) groups is 1. The highest BCUT2D eigenvalue weighted by Gasteiger charge is 2.06. The second-order valence-corrected chi connectivity index (χ2v) is 6.46. The van der Waals surface area contributed by atoms with Crippen LogP contribution in [0.5, 0.6) is 5.75 Å². The minimum Gasteiger partial charge on any atom is -0.496 e. The van der Waals surface area contributed by atoms with E-state index < -0.39 is 0 Å². The topological polar surface area (TPSA) is 50.4 Å². The summed E-state index contributed by atoms with van der Waals surface area (Å²) in [5, 5.41) is 6.86. The molecule has 0 fully saturated rings. The lowest BCUT2D eigenvalue weighted by molar-refractivity contribution is 0.102. The molecule has 0 aliphatic heterocycles. The van der Waals surface area contributed by atoms with Crippen LogP contribution in [0.25, 0.3) is 0 Å². The van der Waals surface area contributed by atoms with Crippen LogP contribution in [0.15, 0.2) is 72.8 Å². The number of halogens is 1. The van der Waals surface area contributed by atoms with Gasteiger partial charge in [0, 0.05) is 28.5 Å². The van der Waals surface area contributed by atoms with Crippen molar-refractivity contribution in [2.45, 2.75) is 6.42 Å². The van der Waals surface area contributed by atoms with Crippen molar-refractivity contribution in [3.63, 3.8) is 0 Å². The highest BCUT2D eigenvalue weighted by Crippen LogP contribution is 2.19. The van der Waals surface area contributed by atoms with Gasteiger partial charge in [-0.1, -0.05) is 29.8 Å². The number of ether oxygens (including phenoxy) is 1. The van der Waals surface area contributed by atoms with Gasteiger partial charge in [0.1, 0.15) is 5.75 Å². The molecule has 1 amide bonds. The molecule has 3 aromatic carbocycles. The quantitative estimate of drug-likeness (QED) is 0.588. The molecule has 2 N–H and O–H groups in total. The predicted octanol–water partition coefficient (Wildman–Crippen LogP) is 5.26. The molecule has 4 nitrogen and oxygen atoms in total. The summed E-state index contributed by atoms with van der Waals surface area (Å²) in [6.45, 7) is 0.789. The van der Waals surface area contributed by atoms with Crippen molar-refractivity contribution in [3.05, 3.63) is 88.9 Å². The second kappa shape index (κ2) is 9.10. The Morgan fingerprint density at radius 3 is 2.30 bits per heavy atom. The first-order valence-electron chi connectivity index (χ1n) is 8.68. The normalized spacial score (nSPS) is 10.3. The molecule has 0 aliphatic carbocycles. The molecular weight excluding hydrogens is 360 g/mol. The number of para-hydroxylation sites is 1. The fourth-order valence-corrected chi connectivity index (χ4v) is 2.85. The fourth-order valence-electron chi connectivity index (χ4n) is 2.73. The lowest BCUT2D eigenvalue weighted by Crippen LogP contribution is -2.11. The molecule has 0 spiro atoms. The van der Waals surface area contributed by atoms with E-state index in [0.29, 0.717) is 10.6 Å². The third-order valence-electron chi connectivity index (χ3n) is 4.17. The molecule has 0 saturated carbocycles. The van der Waals surface area contributed by atoms with Crippen molar-refractivity contribution in [2.75, 3.05) is 24.3 Å². The van der Waals surface area contributed by atoms with Gasteiger partial charge in [0.25, 0.3) is 5.91 Å². The summed E-state index contributed by atoms with van der Waals surface area (Å²) in [6, 6.07) is 22.4. The van der Waals surface area contributed by atoms with E-state index in [2.05, 4.69) is 16.7 Å². The summed E-state index contributed by atoms with van der Waals surface area (Å²) in [6.07, 6.45) is 0.860. The highest BCUT2D eigenvalue weighted by atomic mass is 35.5. The van der Waals surface area contributed by atoms with Crippen LogP contribution < -0.4 is 15.4 Å². The molecule has 3 rings (SSSR count). The number of hydrogen-bond donors (Lipinski definition) is 2. The maximum absolute atomic E-state index is 12.2. The Bertz CT molecular complexity index is 893. The number of rotatable bonds is 7. The lowest BCUT2D eigenvalue weighted by Gasteiger charge is -2.11. The van der Waals surface area contributed by atoms with Gasteiger partial charge in [0.05, 0.1) is 7.11 Å². The van der Waals surface area contributed by atoms with Gasteiger partial charge in [-0.25, -0.2) is 0 Å². The van der Waals surface area contributed by atoms with Crippen LogP contribution in [0.3, 0.4) is 0 Å². The first-order valence-corrected chi connectivity index (χ1v) is 9.06. The van der Waals surface area contributed by atoms with Gasteiger partial charge in [-0.05, 0) is 66.6 Å². The van der Waals surface area contributed by atoms with E-state index in [1.165, 1.54) is 5.56 Å². The zero-order valence-corrected chi connectivity index (χ0v) is 15.8. The van der Waals surface area contributed by atoms with Crippen LogP contribution in [0.4, 0.5) is 11.4 Å². The molecule has 3 aromatic rings. The number of methoxy groups -OCH3 is 1. The van der Waals surface area contributed by atoms with E-state index in [1.807, 2.05) is 42.5 Å². The van der Waals surface area contributed by atoms with Crippen LogP contribution in [0, 0.1) is 0 Å². The molecule has 0 aliphatic rings. The molecule has 0 atom stereocenters. The van der Waals surface area contributed by atoms with Gasteiger partial charge >= 0.3 is 0 Å². The summed E-state index contributed by atoms with van der Waals surface area (Å²) >= 11 is 5.85. The molecule has 0 aromatic heterocycles. The molecule has 0 bridgehead atoms. The second-order valence-electron chi connectivity index (χ2n) is 6.03. The average Bonchev–Trinajstić information content (AvgIpc) is 2.70. The van der Waals surface area contributed by atoms with Crippen molar-refractivity contribution in [1.82, 2.24) is 0 Å². The van der Waals surface area contributed by atoms with E-state index in [9.17, 15) is 4.79 Å². The van der Waals surface area contributed by atoms with Crippen molar-refractivity contribution < 1.29 is 9.53 Å². The van der Waals surface area contributed by atoms with Crippen molar-refractivity contribution in [2.24, 2.45) is 0 Å². The Hall–Kier alpha value is -2.98. The maximum Gasteiger partial charge on any atom is 0.255 e. The number of hydrogen-bond acceptors (Lipinski definition) is 3.